The van der Waals surface area contributed by atoms with E-state index in [1.54, 1.807) is 30.3 Å². The zero-order valence-electron chi connectivity index (χ0n) is 14.3. The van der Waals surface area contributed by atoms with E-state index in [0.29, 0.717) is 5.56 Å². The Morgan fingerprint density at radius 1 is 1.12 bits per heavy atom. The van der Waals surface area contributed by atoms with Crippen molar-refractivity contribution in [1.82, 2.24) is 5.32 Å². The summed E-state index contributed by atoms with van der Waals surface area (Å²) in [6, 6.07) is 9.96. The van der Waals surface area contributed by atoms with Crippen LogP contribution in [0.3, 0.4) is 0 Å². The lowest BCUT2D eigenvalue weighted by Crippen LogP contribution is -2.40. The molecule has 1 aliphatic carbocycles. The van der Waals surface area contributed by atoms with Gasteiger partial charge >= 0.3 is 0 Å². The molecule has 1 aromatic heterocycles. The average Bonchev–Trinajstić information content (AvgIpc) is 3.05. The fraction of sp³-hybridized carbons (Fsp3) is 0.389. The summed E-state index contributed by atoms with van der Waals surface area (Å²) >= 11 is 0. The first-order chi connectivity index (χ1) is 12.0. The number of nitrogens with two attached hydrogens (primary N) is 1. The van der Waals surface area contributed by atoms with Crippen LogP contribution in [-0.2, 0) is 15.6 Å². The highest BCUT2D eigenvalue weighted by atomic mass is 35.5. The molecule has 1 aromatic carbocycles. The Morgan fingerprint density at radius 2 is 1.77 bits per heavy atom. The fourth-order valence-electron chi connectivity index (χ4n) is 3.08. The SMILES string of the molecule is Cl.NC1CCC(NC(=O)c2occc2CS(=O)(=O)c2ccccc2)CC1. The van der Waals surface area contributed by atoms with E-state index in [1.165, 1.54) is 12.3 Å². The zero-order valence-corrected chi connectivity index (χ0v) is 15.9. The normalized spacial score (nSPS) is 20.2. The minimum Gasteiger partial charge on any atom is -0.459 e. The van der Waals surface area contributed by atoms with Crippen molar-refractivity contribution in [2.24, 2.45) is 5.73 Å². The monoisotopic (exact) mass is 398 g/mol. The summed E-state index contributed by atoms with van der Waals surface area (Å²) in [7, 11) is -3.54. The lowest BCUT2D eigenvalue weighted by Gasteiger charge is -2.26. The van der Waals surface area contributed by atoms with E-state index in [-0.39, 0.29) is 46.8 Å². The maximum absolute atomic E-state index is 12.5. The third-order valence-corrected chi connectivity index (χ3v) is 6.19. The molecule has 8 heteroatoms. The number of furan rings is 1. The van der Waals surface area contributed by atoms with Crippen LogP contribution in [0.15, 0.2) is 52.0 Å². The van der Waals surface area contributed by atoms with Crippen LogP contribution in [0.1, 0.15) is 41.8 Å². The van der Waals surface area contributed by atoms with Crippen molar-refractivity contribution in [1.29, 1.82) is 0 Å². The van der Waals surface area contributed by atoms with Crippen molar-refractivity contribution in [2.75, 3.05) is 0 Å². The van der Waals surface area contributed by atoms with Crippen LogP contribution >= 0.6 is 12.4 Å². The van der Waals surface area contributed by atoms with E-state index in [0.717, 1.165) is 25.7 Å². The van der Waals surface area contributed by atoms with Gasteiger partial charge in [-0.1, -0.05) is 18.2 Å². The van der Waals surface area contributed by atoms with Gasteiger partial charge in [0.1, 0.15) is 0 Å². The van der Waals surface area contributed by atoms with Gasteiger partial charge in [0.05, 0.1) is 16.9 Å². The van der Waals surface area contributed by atoms with E-state index in [1.807, 2.05) is 0 Å². The summed E-state index contributed by atoms with van der Waals surface area (Å²) in [5.41, 5.74) is 6.24. The largest absolute Gasteiger partial charge is 0.459 e. The third-order valence-electron chi connectivity index (χ3n) is 4.51. The Kier molecular flexibility index (Phi) is 6.86. The Hall–Kier alpha value is -1.83. The number of sulfone groups is 1. The smallest absolute Gasteiger partial charge is 0.287 e. The molecule has 1 heterocycles. The van der Waals surface area contributed by atoms with Gasteiger partial charge in [-0.25, -0.2) is 8.42 Å². The first-order valence-corrected chi connectivity index (χ1v) is 10.0. The second-order valence-electron chi connectivity index (χ2n) is 6.43. The molecule has 0 unspecified atom stereocenters. The van der Waals surface area contributed by atoms with Gasteiger partial charge in [-0.2, -0.15) is 0 Å². The highest BCUT2D eigenvalue weighted by Crippen LogP contribution is 2.21. The van der Waals surface area contributed by atoms with Gasteiger partial charge in [0.15, 0.2) is 15.6 Å². The topological polar surface area (TPSA) is 102 Å². The Labute approximate surface area is 159 Å². The van der Waals surface area contributed by atoms with Crippen LogP contribution in [0.5, 0.6) is 0 Å². The lowest BCUT2D eigenvalue weighted by molar-refractivity contribution is 0.0896. The van der Waals surface area contributed by atoms with Crippen molar-refractivity contribution in [3.05, 3.63) is 54.0 Å². The minimum absolute atomic E-state index is 0. The standard InChI is InChI=1S/C18H22N2O4S.ClH/c19-14-6-8-15(9-7-14)20-18(21)17-13(10-11-24-17)12-25(22,23)16-4-2-1-3-5-16;/h1-5,10-11,14-15H,6-9,12,19H2,(H,20,21);1H. The predicted octanol–water partition coefficient (Wildman–Crippen LogP) is 2.68. The van der Waals surface area contributed by atoms with Gasteiger partial charge in [-0.15, -0.1) is 12.4 Å². The molecule has 0 bridgehead atoms. The lowest BCUT2D eigenvalue weighted by atomic mass is 9.92. The summed E-state index contributed by atoms with van der Waals surface area (Å²) in [6.45, 7) is 0. The van der Waals surface area contributed by atoms with E-state index >= 15 is 0 Å². The van der Waals surface area contributed by atoms with E-state index in [4.69, 9.17) is 10.2 Å². The zero-order chi connectivity index (χ0) is 17.9. The molecule has 0 spiro atoms. The summed E-state index contributed by atoms with van der Waals surface area (Å²) in [6.07, 6.45) is 4.74. The molecule has 0 radical (unpaired) electrons. The summed E-state index contributed by atoms with van der Waals surface area (Å²) in [5.74, 6) is -0.579. The molecule has 1 amide bonds. The highest BCUT2D eigenvalue weighted by Gasteiger charge is 2.25. The summed E-state index contributed by atoms with van der Waals surface area (Å²) in [4.78, 5) is 12.7. The molecule has 1 fully saturated rings. The summed E-state index contributed by atoms with van der Waals surface area (Å²) in [5, 5.41) is 2.92. The Morgan fingerprint density at radius 3 is 2.42 bits per heavy atom. The van der Waals surface area contributed by atoms with E-state index in [9.17, 15) is 13.2 Å². The number of rotatable bonds is 5. The number of amides is 1. The maximum Gasteiger partial charge on any atom is 0.287 e. The number of carbonyl (C=O) groups excluding carboxylic acids is 1. The molecular formula is C18H23ClN2O4S. The van der Waals surface area contributed by atoms with Crippen LogP contribution in [-0.4, -0.2) is 26.4 Å². The van der Waals surface area contributed by atoms with Crippen molar-refractivity contribution >= 4 is 28.2 Å². The van der Waals surface area contributed by atoms with Crippen LogP contribution in [0.25, 0.3) is 0 Å². The number of benzene rings is 1. The van der Waals surface area contributed by atoms with Gasteiger partial charge in [-0.3, -0.25) is 4.79 Å². The van der Waals surface area contributed by atoms with Crippen LogP contribution in [0, 0.1) is 0 Å². The van der Waals surface area contributed by atoms with Crippen molar-refractivity contribution in [3.63, 3.8) is 0 Å². The number of halogens is 1. The molecule has 0 saturated heterocycles. The molecule has 3 rings (SSSR count). The molecule has 6 nitrogen and oxygen atoms in total. The first kappa shape index (κ1) is 20.5. The maximum atomic E-state index is 12.5. The molecule has 2 aromatic rings. The van der Waals surface area contributed by atoms with Crippen molar-refractivity contribution in [3.8, 4) is 0 Å². The van der Waals surface area contributed by atoms with Gasteiger partial charge in [0, 0.05) is 17.6 Å². The van der Waals surface area contributed by atoms with Crippen molar-refractivity contribution < 1.29 is 17.6 Å². The predicted molar refractivity (Wildman–Crippen MR) is 101 cm³/mol. The fourth-order valence-corrected chi connectivity index (χ4v) is 4.45. The number of hydrogen-bond donors (Lipinski definition) is 2. The molecule has 1 saturated carbocycles. The molecular weight excluding hydrogens is 376 g/mol. The minimum atomic E-state index is -3.54. The van der Waals surface area contributed by atoms with Gasteiger partial charge in [0.2, 0.25) is 0 Å². The molecule has 1 aliphatic rings. The second-order valence-corrected chi connectivity index (χ2v) is 8.42. The Bertz CT molecular complexity index is 828. The van der Waals surface area contributed by atoms with E-state index < -0.39 is 9.84 Å². The first-order valence-electron chi connectivity index (χ1n) is 8.36. The number of nitrogens with one attached hydrogen (secondary N) is 1. The molecule has 142 valence electrons. The molecule has 3 N–H and O–H groups in total. The van der Waals surface area contributed by atoms with Crippen molar-refractivity contribution in [2.45, 2.75) is 48.4 Å². The van der Waals surface area contributed by atoms with Crippen LogP contribution in [0.2, 0.25) is 0 Å². The van der Waals surface area contributed by atoms with Crippen LogP contribution in [0.4, 0.5) is 0 Å². The van der Waals surface area contributed by atoms with Crippen LogP contribution < -0.4 is 11.1 Å². The molecule has 0 atom stereocenters. The van der Waals surface area contributed by atoms with Gasteiger partial charge in [-0.05, 0) is 43.9 Å². The van der Waals surface area contributed by atoms with Gasteiger partial charge in [0.25, 0.3) is 5.91 Å². The van der Waals surface area contributed by atoms with Gasteiger partial charge < -0.3 is 15.5 Å². The summed E-state index contributed by atoms with van der Waals surface area (Å²) < 4.78 is 30.3. The third kappa shape index (κ3) is 4.87. The number of hydrogen-bond acceptors (Lipinski definition) is 5. The average molecular weight is 399 g/mol. The molecule has 26 heavy (non-hydrogen) atoms. The second kappa shape index (κ2) is 8.70. The molecule has 0 aliphatic heterocycles. The Balaban J connectivity index is 0.00000243. The quantitative estimate of drug-likeness (QED) is 0.806. The van der Waals surface area contributed by atoms with E-state index in [2.05, 4.69) is 5.32 Å². The highest BCUT2D eigenvalue weighted by molar-refractivity contribution is 7.90. The number of carbonyl (C=O) groups is 1.